The van der Waals surface area contributed by atoms with Crippen LogP contribution in [-0.4, -0.2) is 32.1 Å². The van der Waals surface area contributed by atoms with Gasteiger partial charge in [0, 0.05) is 19.0 Å². The molecule has 4 nitrogen and oxygen atoms in total. The summed E-state index contributed by atoms with van der Waals surface area (Å²) in [6.07, 6.45) is 2.77. The predicted molar refractivity (Wildman–Crippen MR) is 95.9 cm³/mol. The number of sulfonamides is 1. The van der Waals surface area contributed by atoms with E-state index in [2.05, 4.69) is 18.2 Å². The lowest BCUT2D eigenvalue weighted by molar-refractivity contribution is 0.0886. The van der Waals surface area contributed by atoms with Crippen molar-refractivity contribution in [2.75, 3.05) is 13.3 Å². The first kappa shape index (κ1) is 16.6. The van der Waals surface area contributed by atoms with Crippen LogP contribution in [0.15, 0.2) is 60.5 Å². The maximum absolute atomic E-state index is 11.9. The zero-order valence-electron chi connectivity index (χ0n) is 14.0. The minimum atomic E-state index is -3.39. The fraction of sp³-hybridized carbons (Fsp3) is 0.263. The van der Waals surface area contributed by atoms with Crippen molar-refractivity contribution in [3.05, 3.63) is 77.2 Å². The van der Waals surface area contributed by atoms with Gasteiger partial charge in [0.15, 0.2) is 0 Å². The van der Waals surface area contributed by atoms with Gasteiger partial charge in [-0.15, -0.1) is 0 Å². The van der Waals surface area contributed by atoms with Crippen LogP contribution in [0.25, 0.3) is 6.08 Å². The van der Waals surface area contributed by atoms with E-state index in [1.165, 1.54) is 17.6 Å². The molecule has 2 atom stereocenters. The molecule has 5 heteroatoms. The van der Waals surface area contributed by atoms with Crippen LogP contribution in [0.3, 0.4) is 0 Å². The lowest BCUT2D eigenvalue weighted by Gasteiger charge is -2.27. The van der Waals surface area contributed by atoms with Gasteiger partial charge in [-0.25, -0.2) is 12.7 Å². The zero-order valence-corrected chi connectivity index (χ0v) is 14.8. The molecule has 3 rings (SSSR count). The summed E-state index contributed by atoms with van der Waals surface area (Å²) in [5.74, 6) is 0.375. The van der Waals surface area contributed by atoms with Crippen molar-refractivity contribution in [1.29, 1.82) is 0 Å². The van der Waals surface area contributed by atoms with Crippen LogP contribution in [0.5, 0.6) is 0 Å². The van der Waals surface area contributed by atoms with Gasteiger partial charge in [-0.3, -0.25) is 0 Å². The summed E-state index contributed by atoms with van der Waals surface area (Å²) in [4.78, 5) is 0. The Morgan fingerprint density at radius 1 is 1.00 bits per heavy atom. The van der Waals surface area contributed by atoms with Gasteiger partial charge >= 0.3 is 0 Å². The molecule has 2 aromatic rings. The number of rotatable bonds is 3. The van der Waals surface area contributed by atoms with Crippen molar-refractivity contribution in [2.45, 2.75) is 18.9 Å². The summed E-state index contributed by atoms with van der Waals surface area (Å²) in [7, 11) is -1.87. The van der Waals surface area contributed by atoms with Gasteiger partial charge in [-0.1, -0.05) is 54.6 Å². The Morgan fingerprint density at radius 3 is 2.29 bits per heavy atom. The Labute approximate surface area is 143 Å². The standard InChI is InChI=1S/C19H21NO3S/c1-14-19(15-9-5-4-6-10-15)17-12-8-7-11-16(17)13-18(23-14)20(2)24(3,21)22/h4-14,19H,1-3H3/t14-,19+/m0/s1. The van der Waals surface area contributed by atoms with Gasteiger partial charge in [0.25, 0.3) is 0 Å². The van der Waals surface area contributed by atoms with E-state index >= 15 is 0 Å². The van der Waals surface area contributed by atoms with E-state index in [1.54, 1.807) is 6.08 Å². The molecular formula is C19H21NO3S. The molecule has 0 aromatic heterocycles. The molecular weight excluding hydrogens is 322 g/mol. The minimum absolute atomic E-state index is 0.0316. The molecule has 24 heavy (non-hydrogen) atoms. The highest BCUT2D eigenvalue weighted by Crippen LogP contribution is 2.37. The third-order valence-electron chi connectivity index (χ3n) is 4.35. The summed E-state index contributed by atoms with van der Waals surface area (Å²) in [6, 6.07) is 18.2. The Kier molecular flexibility index (Phi) is 4.37. The molecule has 0 N–H and O–H groups in total. The molecule has 0 saturated carbocycles. The van der Waals surface area contributed by atoms with E-state index in [1.807, 2.05) is 43.3 Å². The third kappa shape index (κ3) is 3.17. The molecule has 1 heterocycles. The quantitative estimate of drug-likeness (QED) is 0.858. The molecule has 0 radical (unpaired) electrons. The number of nitrogens with zero attached hydrogens (tertiary/aromatic N) is 1. The fourth-order valence-electron chi connectivity index (χ4n) is 3.04. The summed E-state index contributed by atoms with van der Waals surface area (Å²) < 4.78 is 31.1. The maximum atomic E-state index is 11.9. The second-order valence-corrected chi connectivity index (χ2v) is 8.07. The fourth-order valence-corrected chi connectivity index (χ4v) is 3.47. The van der Waals surface area contributed by atoms with Crippen LogP contribution in [0, 0.1) is 0 Å². The second-order valence-electron chi connectivity index (χ2n) is 6.05. The Balaban J connectivity index is 2.12. The normalized spacial score (nSPS) is 20.4. The van der Waals surface area contributed by atoms with Crippen LogP contribution in [0.1, 0.15) is 29.5 Å². The van der Waals surface area contributed by atoms with Crippen molar-refractivity contribution < 1.29 is 13.2 Å². The van der Waals surface area contributed by atoms with Crippen LogP contribution < -0.4 is 0 Å². The van der Waals surface area contributed by atoms with Crippen LogP contribution >= 0.6 is 0 Å². The molecule has 0 fully saturated rings. The Bertz CT molecular complexity index is 859. The molecule has 0 spiro atoms. The predicted octanol–water partition coefficient (Wildman–Crippen LogP) is 3.43. The van der Waals surface area contributed by atoms with Gasteiger partial charge < -0.3 is 4.74 Å². The minimum Gasteiger partial charge on any atom is -0.474 e. The van der Waals surface area contributed by atoms with Crippen LogP contribution in [0.4, 0.5) is 0 Å². The molecule has 0 bridgehead atoms. The molecule has 1 aliphatic heterocycles. The number of hydrogen-bond acceptors (Lipinski definition) is 3. The van der Waals surface area contributed by atoms with Crippen molar-refractivity contribution in [2.24, 2.45) is 0 Å². The van der Waals surface area contributed by atoms with Gasteiger partial charge in [-0.2, -0.15) is 0 Å². The molecule has 0 saturated heterocycles. The molecule has 0 aliphatic carbocycles. The molecule has 0 unspecified atom stereocenters. The molecule has 2 aromatic carbocycles. The average molecular weight is 343 g/mol. The van der Waals surface area contributed by atoms with E-state index in [4.69, 9.17) is 4.74 Å². The topological polar surface area (TPSA) is 46.6 Å². The first-order chi connectivity index (χ1) is 11.4. The highest BCUT2D eigenvalue weighted by Gasteiger charge is 2.30. The van der Waals surface area contributed by atoms with Crippen molar-refractivity contribution >= 4 is 16.1 Å². The van der Waals surface area contributed by atoms with E-state index in [0.29, 0.717) is 5.88 Å². The molecule has 0 amide bonds. The number of ether oxygens (including phenoxy) is 1. The van der Waals surface area contributed by atoms with Gasteiger partial charge in [0.2, 0.25) is 15.9 Å². The van der Waals surface area contributed by atoms with E-state index in [9.17, 15) is 8.42 Å². The van der Waals surface area contributed by atoms with Gasteiger partial charge in [0.1, 0.15) is 6.10 Å². The highest BCUT2D eigenvalue weighted by molar-refractivity contribution is 7.88. The van der Waals surface area contributed by atoms with E-state index < -0.39 is 10.0 Å². The number of fused-ring (bicyclic) bond motifs is 1. The van der Waals surface area contributed by atoms with Gasteiger partial charge in [0.05, 0.1) is 6.26 Å². The summed E-state index contributed by atoms with van der Waals surface area (Å²) >= 11 is 0. The van der Waals surface area contributed by atoms with Crippen LogP contribution in [0.2, 0.25) is 0 Å². The lowest BCUT2D eigenvalue weighted by atomic mass is 9.85. The Hall–Kier alpha value is -2.27. The van der Waals surface area contributed by atoms with E-state index in [-0.39, 0.29) is 12.0 Å². The summed E-state index contributed by atoms with van der Waals surface area (Å²) in [6.45, 7) is 1.98. The summed E-state index contributed by atoms with van der Waals surface area (Å²) in [5, 5.41) is 0. The second kappa shape index (κ2) is 6.32. The zero-order chi connectivity index (χ0) is 17.3. The van der Waals surface area contributed by atoms with Crippen LogP contribution in [-0.2, 0) is 14.8 Å². The van der Waals surface area contributed by atoms with E-state index in [0.717, 1.165) is 16.7 Å². The van der Waals surface area contributed by atoms with Crippen molar-refractivity contribution in [1.82, 2.24) is 4.31 Å². The average Bonchev–Trinajstić information content (AvgIpc) is 2.69. The van der Waals surface area contributed by atoms with Crippen molar-refractivity contribution in [3.8, 4) is 0 Å². The summed E-state index contributed by atoms with van der Waals surface area (Å²) in [5.41, 5.74) is 3.25. The monoisotopic (exact) mass is 343 g/mol. The van der Waals surface area contributed by atoms with Crippen molar-refractivity contribution in [3.63, 3.8) is 0 Å². The smallest absolute Gasteiger partial charge is 0.234 e. The Morgan fingerprint density at radius 2 is 1.62 bits per heavy atom. The maximum Gasteiger partial charge on any atom is 0.234 e. The highest BCUT2D eigenvalue weighted by atomic mass is 32.2. The van der Waals surface area contributed by atoms with Gasteiger partial charge in [-0.05, 0) is 23.6 Å². The SMILES string of the molecule is C[C@@H]1OC(N(C)S(C)(=O)=O)=Cc2ccccc2[C@H]1c1ccccc1. The molecule has 126 valence electrons. The number of hydrogen-bond donors (Lipinski definition) is 0. The molecule has 1 aliphatic rings. The first-order valence-electron chi connectivity index (χ1n) is 7.84. The first-order valence-corrected chi connectivity index (χ1v) is 9.69. The largest absolute Gasteiger partial charge is 0.474 e. The lowest BCUT2D eigenvalue weighted by Crippen LogP contribution is -2.29. The number of benzene rings is 2. The third-order valence-corrected chi connectivity index (χ3v) is 5.53.